The van der Waals surface area contributed by atoms with E-state index in [9.17, 15) is 5.11 Å². The van der Waals surface area contributed by atoms with E-state index >= 15 is 0 Å². The van der Waals surface area contributed by atoms with Crippen LogP contribution in [0.1, 0.15) is 30.2 Å². The van der Waals surface area contributed by atoms with Crippen molar-refractivity contribution in [3.8, 4) is 5.75 Å². The minimum Gasteiger partial charge on any atom is -0.497 e. The lowest BCUT2D eigenvalue weighted by atomic mass is 9.73. The molecule has 0 amide bonds. The number of methoxy groups -OCH3 is 1. The van der Waals surface area contributed by atoms with Crippen LogP contribution in [0.25, 0.3) is 10.9 Å². The Labute approximate surface area is 168 Å². The first-order valence-electron chi connectivity index (χ1n) is 9.22. The fraction of sp³-hybridized carbons (Fsp3) is 0.476. The Morgan fingerprint density at radius 3 is 2.92 bits per heavy atom. The first-order chi connectivity index (χ1) is 12.5. The zero-order valence-electron chi connectivity index (χ0n) is 15.3. The number of rotatable bonds is 4. The van der Waals surface area contributed by atoms with Crippen molar-refractivity contribution in [2.45, 2.75) is 31.9 Å². The number of aliphatic hydroxyl groups is 1. The molecule has 5 heteroatoms. The summed E-state index contributed by atoms with van der Waals surface area (Å²) in [6.45, 7) is 8.10. The largest absolute Gasteiger partial charge is 0.497 e. The summed E-state index contributed by atoms with van der Waals surface area (Å²) in [5, 5.41) is 12.4. The first kappa shape index (κ1) is 18.2. The second-order valence-electron chi connectivity index (χ2n) is 7.50. The maximum absolute atomic E-state index is 11.5. The summed E-state index contributed by atoms with van der Waals surface area (Å²) >= 11 is 2.33. The Kier molecular flexibility index (Phi) is 4.96. The van der Waals surface area contributed by atoms with Gasteiger partial charge in [-0.1, -0.05) is 6.08 Å². The minimum atomic E-state index is -0.522. The average Bonchev–Trinajstić information content (AvgIpc) is 2.68. The number of hydrogen-bond donors (Lipinski definition) is 1. The number of fused-ring (bicyclic) bond motifs is 4. The van der Waals surface area contributed by atoms with Crippen molar-refractivity contribution in [1.29, 1.82) is 0 Å². The summed E-state index contributed by atoms with van der Waals surface area (Å²) in [5.41, 5.74) is 2.88. The van der Waals surface area contributed by atoms with Gasteiger partial charge in [-0.25, -0.2) is 0 Å². The molecular formula is C21H25IN2O2. The molecule has 1 N–H and O–H groups in total. The van der Waals surface area contributed by atoms with Crippen molar-refractivity contribution in [3.63, 3.8) is 0 Å². The number of pyridine rings is 1. The van der Waals surface area contributed by atoms with Crippen LogP contribution in [0.2, 0.25) is 0 Å². The van der Waals surface area contributed by atoms with Crippen molar-refractivity contribution in [1.82, 2.24) is 9.88 Å². The SMILES string of the molecule is C=C[C@H]1CN2CCC1C[C@H]2[C@H](O)c1c(I)c(C)nc2ccc(OC)cc12. The van der Waals surface area contributed by atoms with E-state index in [1.165, 1.54) is 6.42 Å². The van der Waals surface area contributed by atoms with Crippen LogP contribution in [0, 0.1) is 22.3 Å². The molecule has 26 heavy (non-hydrogen) atoms. The van der Waals surface area contributed by atoms with Gasteiger partial charge in [0.05, 0.1) is 24.4 Å². The Hall–Kier alpha value is -1.18. The van der Waals surface area contributed by atoms with E-state index < -0.39 is 6.10 Å². The highest BCUT2D eigenvalue weighted by Crippen LogP contribution is 2.43. The van der Waals surface area contributed by atoms with Crippen LogP contribution in [0.15, 0.2) is 30.9 Å². The second kappa shape index (κ2) is 7.09. The maximum Gasteiger partial charge on any atom is 0.119 e. The number of halogens is 1. The summed E-state index contributed by atoms with van der Waals surface area (Å²) in [6.07, 6.45) is 3.81. The first-order valence-corrected chi connectivity index (χ1v) is 10.3. The fourth-order valence-corrected chi connectivity index (χ4v) is 5.42. The zero-order chi connectivity index (χ0) is 18.4. The third kappa shape index (κ3) is 2.94. The van der Waals surface area contributed by atoms with Gasteiger partial charge in [0.15, 0.2) is 0 Å². The molecule has 1 aromatic carbocycles. The summed E-state index contributed by atoms with van der Waals surface area (Å²) in [5.74, 6) is 1.99. The molecule has 1 aromatic heterocycles. The zero-order valence-corrected chi connectivity index (χ0v) is 17.4. The highest BCUT2D eigenvalue weighted by Gasteiger charge is 2.42. The van der Waals surface area contributed by atoms with Crippen molar-refractivity contribution < 1.29 is 9.84 Å². The van der Waals surface area contributed by atoms with Gasteiger partial charge in [-0.15, -0.1) is 6.58 Å². The van der Waals surface area contributed by atoms with Gasteiger partial charge in [0.25, 0.3) is 0 Å². The Bertz CT molecular complexity index is 854. The number of nitrogens with zero attached hydrogens (tertiary/aromatic N) is 2. The summed E-state index contributed by atoms with van der Waals surface area (Å²) in [4.78, 5) is 7.16. The average molecular weight is 464 g/mol. The van der Waals surface area contributed by atoms with Crippen LogP contribution in [0.5, 0.6) is 5.75 Å². The van der Waals surface area contributed by atoms with Crippen LogP contribution in [0.3, 0.4) is 0 Å². The third-order valence-corrected chi connectivity index (χ3v) is 7.51. The van der Waals surface area contributed by atoms with Gasteiger partial charge in [-0.05, 0) is 78.9 Å². The normalized spacial score (nSPS) is 28.9. The molecule has 4 heterocycles. The smallest absolute Gasteiger partial charge is 0.119 e. The van der Waals surface area contributed by atoms with Gasteiger partial charge in [-0.2, -0.15) is 0 Å². The number of piperidine rings is 3. The lowest BCUT2D eigenvalue weighted by molar-refractivity contribution is -0.0447. The third-order valence-electron chi connectivity index (χ3n) is 6.15. The van der Waals surface area contributed by atoms with Crippen LogP contribution >= 0.6 is 22.6 Å². The number of aromatic nitrogens is 1. The molecule has 4 nitrogen and oxygen atoms in total. The van der Waals surface area contributed by atoms with E-state index in [0.717, 1.165) is 51.0 Å². The van der Waals surface area contributed by atoms with Crippen LogP contribution in [-0.2, 0) is 0 Å². The number of ether oxygens (including phenoxy) is 1. The van der Waals surface area contributed by atoms with Crippen molar-refractivity contribution >= 4 is 33.5 Å². The molecule has 0 spiro atoms. The van der Waals surface area contributed by atoms with Gasteiger partial charge in [-0.3, -0.25) is 9.88 Å². The number of aliphatic hydroxyl groups excluding tert-OH is 1. The van der Waals surface area contributed by atoms with Crippen LogP contribution in [0.4, 0.5) is 0 Å². The molecule has 5 atom stereocenters. The molecule has 0 radical (unpaired) electrons. The second-order valence-corrected chi connectivity index (χ2v) is 8.58. The standard InChI is InChI=1S/C21H25IN2O2/c1-4-13-11-24-8-7-14(13)9-18(24)21(25)19-16-10-15(26-3)5-6-17(16)23-12(2)20(19)22/h4-6,10,13-14,18,21,25H,1,7-9,11H2,2-3H3/t13-,14?,18-,21-/m0/s1. The molecule has 5 rings (SSSR count). The molecule has 2 aromatic rings. The molecule has 0 aliphatic carbocycles. The van der Waals surface area contributed by atoms with Crippen LogP contribution in [-0.4, -0.2) is 41.2 Å². The predicted molar refractivity (Wildman–Crippen MR) is 112 cm³/mol. The fourth-order valence-electron chi connectivity index (χ4n) is 4.69. The predicted octanol–water partition coefficient (Wildman–Crippen LogP) is 4.09. The molecule has 3 aliphatic rings. The van der Waals surface area contributed by atoms with Crippen LogP contribution < -0.4 is 4.74 Å². The lowest BCUT2D eigenvalue weighted by Gasteiger charge is -2.50. The van der Waals surface area contributed by atoms with Crippen molar-refractivity contribution in [3.05, 3.63) is 45.7 Å². The Morgan fingerprint density at radius 1 is 1.46 bits per heavy atom. The van der Waals surface area contributed by atoms with Gasteiger partial charge in [0.1, 0.15) is 5.75 Å². The topological polar surface area (TPSA) is 45.6 Å². The Balaban J connectivity index is 1.78. The highest BCUT2D eigenvalue weighted by atomic mass is 127. The van der Waals surface area contributed by atoms with Crippen molar-refractivity contribution in [2.24, 2.45) is 11.8 Å². The lowest BCUT2D eigenvalue weighted by Crippen LogP contribution is -2.55. The quantitative estimate of drug-likeness (QED) is 0.547. The van der Waals surface area contributed by atoms with E-state index in [2.05, 4.69) is 40.1 Å². The van der Waals surface area contributed by atoms with E-state index in [0.29, 0.717) is 11.8 Å². The molecule has 3 aliphatic heterocycles. The number of aryl methyl sites for hydroxylation is 1. The molecule has 2 bridgehead atoms. The molecular weight excluding hydrogens is 439 g/mol. The van der Waals surface area contributed by atoms with E-state index in [1.54, 1.807) is 7.11 Å². The summed E-state index contributed by atoms with van der Waals surface area (Å²) < 4.78 is 6.47. The molecule has 2 unspecified atom stereocenters. The highest BCUT2D eigenvalue weighted by molar-refractivity contribution is 14.1. The van der Waals surface area contributed by atoms with Gasteiger partial charge < -0.3 is 9.84 Å². The minimum absolute atomic E-state index is 0.162. The van der Waals surface area contributed by atoms with Gasteiger partial charge >= 0.3 is 0 Å². The Morgan fingerprint density at radius 2 is 2.27 bits per heavy atom. The molecule has 138 valence electrons. The number of benzene rings is 1. The van der Waals surface area contributed by atoms with E-state index in [-0.39, 0.29) is 6.04 Å². The molecule has 0 saturated carbocycles. The van der Waals surface area contributed by atoms with E-state index in [1.807, 2.05) is 25.1 Å². The summed E-state index contributed by atoms with van der Waals surface area (Å²) in [7, 11) is 1.67. The molecule has 3 fully saturated rings. The van der Waals surface area contributed by atoms with E-state index in [4.69, 9.17) is 9.72 Å². The monoisotopic (exact) mass is 464 g/mol. The van der Waals surface area contributed by atoms with Gasteiger partial charge in [0.2, 0.25) is 0 Å². The number of hydrogen-bond acceptors (Lipinski definition) is 4. The summed E-state index contributed by atoms with van der Waals surface area (Å²) in [6, 6.07) is 6.08. The van der Waals surface area contributed by atoms with Gasteiger partial charge in [0, 0.05) is 27.1 Å². The van der Waals surface area contributed by atoms with Crippen molar-refractivity contribution in [2.75, 3.05) is 20.2 Å². The maximum atomic E-state index is 11.5. The molecule has 3 saturated heterocycles.